The molecule has 3 fully saturated rings. The number of methoxy groups -OCH3 is 1. The molecule has 1 saturated heterocycles. The Kier molecular flexibility index (Phi) is 1.39. The van der Waals surface area contributed by atoms with Gasteiger partial charge in [-0.05, 0) is 31.1 Å². The van der Waals surface area contributed by atoms with Crippen LogP contribution < -0.4 is 5.43 Å². The van der Waals surface area contributed by atoms with E-state index in [9.17, 15) is 4.79 Å². The maximum absolute atomic E-state index is 11.3. The molecule has 0 aromatic rings. The molecule has 0 unspecified atom stereocenters. The van der Waals surface area contributed by atoms with Crippen molar-refractivity contribution in [2.24, 2.45) is 11.8 Å². The minimum atomic E-state index is -0.228. The van der Waals surface area contributed by atoms with Crippen molar-refractivity contribution in [3.8, 4) is 0 Å². The van der Waals surface area contributed by atoms with Crippen LogP contribution in [0.15, 0.2) is 0 Å². The summed E-state index contributed by atoms with van der Waals surface area (Å²) in [6.07, 6.45) is 3.71. The second-order valence-corrected chi connectivity index (χ2v) is 4.32. The van der Waals surface area contributed by atoms with Crippen LogP contribution in [0.1, 0.15) is 19.3 Å². The van der Waals surface area contributed by atoms with E-state index in [1.165, 1.54) is 26.4 Å². The van der Waals surface area contributed by atoms with Gasteiger partial charge >= 0.3 is 6.09 Å². The van der Waals surface area contributed by atoms with Gasteiger partial charge in [0.25, 0.3) is 0 Å². The third kappa shape index (κ3) is 0.817. The minimum Gasteiger partial charge on any atom is -0.452 e. The summed E-state index contributed by atoms with van der Waals surface area (Å²) in [5.74, 6) is 1.55. The summed E-state index contributed by atoms with van der Waals surface area (Å²) in [4.78, 5) is 11.3. The van der Waals surface area contributed by atoms with Gasteiger partial charge in [-0.3, -0.25) is 0 Å². The molecule has 1 amide bonds. The van der Waals surface area contributed by atoms with E-state index in [1.807, 2.05) is 0 Å². The van der Waals surface area contributed by atoms with Gasteiger partial charge in [0.1, 0.15) is 0 Å². The summed E-state index contributed by atoms with van der Waals surface area (Å²) in [6.45, 7) is 0. The SMILES string of the molecule is COC(=O)N1N[C@@H]2[C@H]3CC[C@@H](C3)[C@@H]21. The van der Waals surface area contributed by atoms with Gasteiger partial charge in [-0.2, -0.15) is 0 Å². The molecule has 1 aliphatic heterocycles. The highest BCUT2D eigenvalue weighted by atomic mass is 16.5. The molecular weight excluding hydrogens is 168 g/mol. The predicted molar refractivity (Wildman–Crippen MR) is 45.8 cm³/mol. The van der Waals surface area contributed by atoms with Crippen LogP contribution in [0.3, 0.4) is 0 Å². The Morgan fingerprint density at radius 2 is 2.23 bits per heavy atom. The van der Waals surface area contributed by atoms with Crippen LogP contribution in [0.4, 0.5) is 4.79 Å². The van der Waals surface area contributed by atoms with Crippen molar-refractivity contribution >= 4 is 6.09 Å². The Morgan fingerprint density at radius 3 is 2.92 bits per heavy atom. The smallest absolute Gasteiger partial charge is 0.424 e. The van der Waals surface area contributed by atoms with E-state index in [0.717, 1.165) is 11.8 Å². The summed E-state index contributed by atoms with van der Waals surface area (Å²) in [5, 5.41) is 1.68. The zero-order chi connectivity index (χ0) is 9.00. The van der Waals surface area contributed by atoms with E-state index in [1.54, 1.807) is 5.01 Å². The molecular formula is C9H14N2O2. The van der Waals surface area contributed by atoms with Gasteiger partial charge in [0, 0.05) is 0 Å². The lowest BCUT2D eigenvalue weighted by Crippen LogP contribution is -2.72. The van der Waals surface area contributed by atoms with E-state index < -0.39 is 0 Å². The highest BCUT2D eigenvalue weighted by Gasteiger charge is 2.58. The average Bonchev–Trinajstić information content (AvgIpc) is 2.59. The van der Waals surface area contributed by atoms with Gasteiger partial charge in [0.2, 0.25) is 0 Å². The molecule has 2 aliphatic carbocycles. The van der Waals surface area contributed by atoms with E-state index >= 15 is 0 Å². The summed E-state index contributed by atoms with van der Waals surface area (Å²) in [5.41, 5.74) is 3.18. The third-order valence-corrected chi connectivity index (χ3v) is 3.83. The fourth-order valence-corrected chi connectivity index (χ4v) is 3.25. The summed E-state index contributed by atoms with van der Waals surface area (Å²) >= 11 is 0. The molecule has 0 spiro atoms. The van der Waals surface area contributed by atoms with Crippen LogP contribution in [-0.4, -0.2) is 30.3 Å². The van der Waals surface area contributed by atoms with Crippen LogP contribution in [-0.2, 0) is 4.74 Å². The van der Waals surface area contributed by atoms with Gasteiger partial charge < -0.3 is 4.74 Å². The molecule has 0 radical (unpaired) electrons. The fourth-order valence-electron chi connectivity index (χ4n) is 3.25. The zero-order valence-corrected chi connectivity index (χ0v) is 7.69. The first-order valence-electron chi connectivity index (χ1n) is 4.94. The number of ether oxygens (including phenoxy) is 1. The summed E-state index contributed by atoms with van der Waals surface area (Å²) < 4.78 is 4.69. The molecule has 0 aromatic heterocycles. The van der Waals surface area contributed by atoms with E-state index in [4.69, 9.17) is 4.74 Å². The Labute approximate surface area is 77.2 Å². The average molecular weight is 182 g/mol. The number of hydrogen-bond acceptors (Lipinski definition) is 3. The Balaban J connectivity index is 1.75. The molecule has 4 atom stereocenters. The quantitative estimate of drug-likeness (QED) is 0.600. The number of nitrogens with one attached hydrogen (secondary N) is 1. The Bertz CT molecular complexity index is 254. The number of nitrogens with zero attached hydrogens (tertiary/aromatic N) is 1. The molecule has 72 valence electrons. The van der Waals surface area contributed by atoms with E-state index in [2.05, 4.69) is 5.43 Å². The number of fused-ring (bicyclic) bond motifs is 5. The number of hydrogen-bond donors (Lipinski definition) is 1. The van der Waals surface area contributed by atoms with Gasteiger partial charge in [0.05, 0.1) is 19.2 Å². The maximum atomic E-state index is 11.3. The van der Waals surface area contributed by atoms with Gasteiger partial charge in [0.15, 0.2) is 0 Å². The Morgan fingerprint density at radius 1 is 1.46 bits per heavy atom. The number of rotatable bonds is 0. The molecule has 2 saturated carbocycles. The van der Waals surface area contributed by atoms with Crippen molar-refractivity contribution in [3.05, 3.63) is 0 Å². The molecule has 0 aromatic carbocycles. The predicted octanol–water partition coefficient (Wildman–Crippen LogP) is 0.740. The van der Waals surface area contributed by atoms with Crippen molar-refractivity contribution in [2.45, 2.75) is 31.3 Å². The van der Waals surface area contributed by atoms with Crippen LogP contribution >= 0.6 is 0 Å². The van der Waals surface area contributed by atoms with E-state index in [0.29, 0.717) is 12.1 Å². The standard InChI is InChI=1S/C9H14N2O2/c1-13-9(12)11-8-6-3-2-5(4-6)7(8)10-11/h5-8,10H,2-4H2,1H3/t5-,6-,7+,8-/m0/s1. The number of hydrazine groups is 1. The maximum Gasteiger partial charge on any atom is 0.424 e. The lowest BCUT2D eigenvalue weighted by molar-refractivity contribution is -0.0455. The number of amides is 1. The molecule has 3 rings (SSSR count). The topological polar surface area (TPSA) is 41.6 Å². The highest BCUT2D eigenvalue weighted by molar-refractivity contribution is 5.68. The second-order valence-electron chi connectivity index (χ2n) is 4.32. The molecule has 4 nitrogen and oxygen atoms in total. The monoisotopic (exact) mass is 182 g/mol. The van der Waals surface area contributed by atoms with Crippen molar-refractivity contribution < 1.29 is 9.53 Å². The molecule has 1 heterocycles. The fraction of sp³-hybridized carbons (Fsp3) is 0.889. The van der Waals surface area contributed by atoms with Gasteiger partial charge in [-0.25, -0.2) is 15.2 Å². The molecule has 1 N–H and O–H groups in total. The largest absolute Gasteiger partial charge is 0.452 e. The number of carbonyl (C=O) groups excluding carboxylic acids is 1. The molecule has 3 aliphatic rings. The lowest BCUT2D eigenvalue weighted by Gasteiger charge is -2.49. The van der Waals surface area contributed by atoms with Crippen molar-refractivity contribution in [1.82, 2.24) is 10.4 Å². The first-order valence-corrected chi connectivity index (χ1v) is 4.94. The van der Waals surface area contributed by atoms with Crippen LogP contribution in [0.2, 0.25) is 0 Å². The van der Waals surface area contributed by atoms with Crippen molar-refractivity contribution in [1.29, 1.82) is 0 Å². The third-order valence-electron chi connectivity index (χ3n) is 3.83. The van der Waals surface area contributed by atoms with E-state index in [-0.39, 0.29) is 6.09 Å². The molecule has 4 heteroatoms. The zero-order valence-electron chi connectivity index (χ0n) is 7.69. The van der Waals surface area contributed by atoms with Gasteiger partial charge in [-0.1, -0.05) is 0 Å². The van der Waals surface area contributed by atoms with Crippen molar-refractivity contribution in [2.75, 3.05) is 7.11 Å². The van der Waals surface area contributed by atoms with Crippen LogP contribution in [0.25, 0.3) is 0 Å². The highest BCUT2D eigenvalue weighted by Crippen LogP contribution is 2.50. The normalized spacial score (nSPS) is 45.8. The Hall–Kier alpha value is -0.770. The number of carbonyl (C=O) groups is 1. The summed E-state index contributed by atoms with van der Waals surface area (Å²) in [6, 6.07) is 1.00. The van der Waals surface area contributed by atoms with Gasteiger partial charge in [-0.15, -0.1) is 0 Å². The first-order chi connectivity index (χ1) is 6.31. The van der Waals surface area contributed by atoms with Crippen LogP contribution in [0, 0.1) is 11.8 Å². The lowest BCUT2D eigenvalue weighted by atomic mass is 9.87. The van der Waals surface area contributed by atoms with Crippen LogP contribution in [0.5, 0.6) is 0 Å². The minimum absolute atomic E-state index is 0.228. The second kappa shape index (κ2) is 2.38. The summed E-state index contributed by atoms with van der Waals surface area (Å²) in [7, 11) is 1.44. The molecule has 2 bridgehead atoms. The first kappa shape index (κ1) is 7.62. The van der Waals surface area contributed by atoms with Crippen molar-refractivity contribution in [3.63, 3.8) is 0 Å². The molecule has 13 heavy (non-hydrogen) atoms.